The summed E-state index contributed by atoms with van der Waals surface area (Å²) in [5.74, 6) is 0. The van der Waals surface area contributed by atoms with Gasteiger partial charge in [-0.2, -0.15) is 0 Å². The van der Waals surface area contributed by atoms with Gasteiger partial charge in [0.05, 0.1) is 0 Å². The summed E-state index contributed by atoms with van der Waals surface area (Å²) in [5, 5.41) is 6.29. The van der Waals surface area contributed by atoms with Crippen LogP contribution in [0.2, 0.25) is 0 Å². The van der Waals surface area contributed by atoms with Gasteiger partial charge in [-0.05, 0) is 0 Å². The molecule has 1 N–H and O–H groups in total. The average Bonchev–Trinajstić information content (AvgIpc) is 1.86. The van der Waals surface area contributed by atoms with Crippen molar-refractivity contribution in [3.63, 3.8) is 0 Å². The Bertz CT molecular complexity index is 112. The minimum atomic E-state index is 0.946. The van der Waals surface area contributed by atoms with Crippen LogP contribution < -0.4 is 3.84 Å². The van der Waals surface area contributed by atoms with E-state index in [-0.39, 0.29) is 0 Å². The molecule has 6 heavy (non-hydrogen) atoms. The van der Waals surface area contributed by atoms with Gasteiger partial charge in [0, 0.05) is 0 Å². The molecular formula is C2H2N3Sn. The van der Waals surface area contributed by atoms with Gasteiger partial charge in [-0.3, -0.25) is 0 Å². The number of rotatable bonds is 0. The number of aromatic nitrogens is 3. The third-order valence-corrected chi connectivity index (χ3v) is 1.10. The van der Waals surface area contributed by atoms with E-state index in [1.807, 2.05) is 0 Å². The van der Waals surface area contributed by atoms with Crippen LogP contribution in [0.4, 0.5) is 0 Å². The predicted octanol–water partition coefficient (Wildman–Crippen LogP) is -1.40. The van der Waals surface area contributed by atoms with E-state index in [0.29, 0.717) is 0 Å². The molecule has 0 aliphatic carbocycles. The van der Waals surface area contributed by atoms with Crippen molar-refractivity contribution in [3.8, 4) is 0 Å². The van der Waals surface area contributed by atoms with Crippen molar-refractivity contribution in [2.75, 3.05) is 0 Å². The zero-order chi connectivity index (χ0) is 4.41. The van der Waals surface area contributed by atoms with E-state index >= 15 is 0 Å². The third kappa shape index (κ3) is 0.706. The second-order valence-electron chi connectivity index (χ2n) is 0.834. The van der Waals surface area contributed by atoms with Crippen molar-refractivity contribution < 1.29 is 0 Å². The van der Waals surface area contributed by atoms with Crippen molar-refractivity contribution in [1.29, 1.82) is 0 Å². The van der Waals surface area contributed by atoms with Crippen molar-refractivity contribution >= 4 is 26.4 Å². The Balaban J connectivity index is 3.05. The fourth-order valence-corrected chi connectivity index (χ4v) is 0.554. The van der Waals surface area contributed by atoms with E-state index in [0.717, 1.165) is 3.84 Å². The van der Waals surface area contributed by atoms with E-state index in [1.54, 1.807) is 0 Å². The standard InChI is InChI=1S/C2H2N3.Sn/c1-3-2-5-4-1;/h1H,(H,3,4,5);. The molecule has 1 aromatic rings. The van der Waals surface area contributed by atoms with Crippen LogP contribution in [-0.4, -0.2) is 37.7 Å². The van der Waals surface area contributed by atoms with E-state index < -0.39 is 0 Å². The molecule has 3 radical (unpaired) electrons. The molecule has 0 atom stereocenters. The van der Waals surface area contributed by atoms with Gasteiger partial charge < -0.3 is 0 Å². The summed E-state index contributed by atoms with van der Waals surface area (Å²) in [6.45, 7) is 0. The second-order valence-corrected chi connectivity index (χ2v) is 2.19. The first-order chi connectivity index (χ1) is 2.89. The molecule has 29 valence electrons. The summed E-state index contributed by atoms with van der Waals surface area (Å²) in [7, 11) is 0. The Kier molecular flexibility index (Phi) is 1.09. The van der Waals surface area contributed by atoms with Crippen molar-refractivity contribution in [2.24, 2.45) is 0 Å². The molecule has 0 spiro atoms. The quantitative estimate of drug-likeness (QED) is 0.507. The number of nitrogens with one attached hydrogen (secondary N) is 1. The molecule has 0 aliphatic rings. The first kappa shape index (κ1) is 4.11. The molecule has 0 aliphatic heterocycles. The van der Waals surface area contributed by atoms with Gasteiger partial charge in [0.2, 0.25) is 0 Å². The number of hydrogen-bond acceptors (Lipinski definition) is 2. The molecule has 0 amide bonds. The number of H-pyrrole nitrogens is 1. The monoisotopic (exact) mass is 188 g/mol. The van der Waals surface area contributed by atoms with E-state index in [4.69, 9.17) is 0 Å². The molecule has 1 heterocycles. The zero-order valence-corrected chi connectivity index (χ0v) is 5.83. The molecule has 1 aromatic heterocycles. The van der Waals surface area contributed by atoms with Gasteiger partial charge in [0.15, 0.2) is 0 Å². The fourth-order valence-electron chi connectivity index (χ4n) is 0.205. The van der Waals surface area contributed by atoms with Crippen LogP contribution in [0.1, 0.15) is 0 Å². The summed E-state index contributed by atoms with van der Waals surface area (Å²) < 4.78 is 0.946. The first-order valence-corrected chi connectivity index (χ1v) is 2.89. The summed E-state index contributed by atoms with van der Waals surface area (Å²) in [6, 6.07) is 0. The number of hydrogen-bond donors (Lipinski definition) is 1. The van der Waals surface area contributed by atoms with Gasteiger partial charge in [0.25, 0.3) is 0 Å². The molecule has 0 aromatic carbocycles. The maximum absolute atomic E-state index is 3.79. The number of nitrogens with zero attached hydrogens (tertiary/aromatic N) is 2. The van der Waals surface area contributed by atoms with Gasteiger partial charge in [-0.25, -0.2) is 0 Å². The average molecular weight is 187 g/mol. The van der Waals surface area contributed by atoms with Crippen molar-refractivity contribution in [2.45, 2.75) is 0 Å². The van der Waals surface area contributed by atoms with E-state index in [2.05, 4.69) is 15.2 Å². The molecule has 0 saturated carbocycles. The molecule has 0 fully saturated rings. The Morgan fingerprint density at radius 1 is 1.83 bits per heavy atom. The van der Waals surface area contributed by atoms with Crippen LogP contribution in [0.15, 0.2) is 6.33 Å². The summed E-state index contributed by atoms with van der Waals surface area (Å²) in [5.41, 5.74) is 0. The van der Waals surface area contributed by atoms with Crippen LogP contribution in [-0.2, 0) is 0 Å². The fraction of sp³-hybridized carbons (Fsp3) is 0. The van der Waals surface area contributed by atoms with Crippen molar-refractivity contribution in [1.82, 2.24) is 15.2 Å². The summed E-state index contributed by atoms with van der Waals surface area (Å²) >= 11 is 1.28. The predicted molar refractivity (Wildman–Crippen MR) is 21.8 cm³/mol. The Morgan fingerprint density at radius 3 is 2.83 bits per heavy atom. The van der Waals surface area contributed by atoms with Gasteiger partial charge in [0.1, 0.15) is 0 Å². The Labute approximate surface area is 48.3 Å². The molecule has 0 saturated heterocycles. The Hall–Kier alpha value is -0.0613. The molecular weight excluding hydrogens is 185 g/mol. The van der Waals surface area contributed by atoms with E-state index in [9.17, 15) is 0 Å². The van der Waals surface area contributed by atoms with Gasteiger partial charge in [-0.15, -0.1) is 0 Å². The van der Waals surface area contributed by atoms with Crippen LogP contribution in [0.3, 0.4) is 0 Å². The molecule has 0 unspecified atom stereocenters. The molecule has 3 nitrogen and oxygen atoms in total. The van der Waals surface area contributed by atoms with E-state index in [1.165, 1.54) is 28.9 Å². The molecule has 4 heteroatoms. The molecule has 0 bridgehead atoms. The second kappa shape index (κ2) is 1.59. The maximum atomic E-state index is 3.79. The first-order valence-electron chi connectivity index (χ1n) is 1.46. The van der Waals surface area contributed by atoms with Gasteiger partial charge >= 0.3 is 47.9 Å². The van der Waals surface area contributed by atoms with Crippen LogP contribution in [0.25, 0.3) is 0 Å². The topological polar surface area (TPSA) is 41.6 Å². The zero-order valence-electron chi connectivity index (χ0n) is 2.97. The minimum absolute atomic E-state index is 0.946. The number of aromatic amines is 1. The molecule has 1 rings (SSSR count). The summed E-state index contributed by atoms with van der Waals surface area (Å²) in [6.07, 6.45) is 1.50. The third-order valence-electron chi connectivity index (χ3n) is 0.415. The van der Waals surface area contributed by atoms with Crippen LogP contribution in [0, 0.1) is 0 Å². The Morgan fingerprint density at radius 2 is 2.67 bits per heavy atom. The van der Waals surface area contributed by atoms with Crippen molar-refractivity contribution in [3.05, 3.63) is 6.33 Å². The summed E-state index contributed by atoms with van der Waals surface area (Å²) in [4.78, 5) is 3.79. The SMILES string of the molecule is [Sn][c]1ncn[nH]1. The van der Waals surface area contributed by atoms with Crippen LogP contribution in [0.5, 0.6) is 0 Å². The van der Waals surface area contributed by atoms with Crippen LogP contribution >= 0.6 is 0 Å². The van der Waals surface area contributed by atoms with Gasteiger partial charge in [-0.1, -0.05) is 0 Å². The normalized spacial score (nSPS) is 8.83.